The van der Waals surface area contributed by atoms with E-state index in [1.54, 1.807) is 0 Å². The van der Waals surface area contributed by atoms with Gasteiger partial charge in [-0.05, 0) is 6.08 Å². The molecule has 172 valence electrons. The highest BCUT2D eigenvalue weighted by molar-refractivity contribution is 5.67. The molecule has 0 amide bonds. The average molecular weight is 460 g/mol. The third kappa shape index (κ3) is 5.26. The Morgan fingerprint density at radius 3 is 1.66 bits per heavy atom. The molecule has 0 bridgehead atoms. The number of aliphatic hydroxyl groups is 1. The van der Waals surface area contributed by atoms with Crippen LogP contribution in [-0.4, -0.2) is 83.8 Å². The van der Waals surface area contributed by atoms with E-state index < -0.39 is 71.4 Å². The van der Waals surface area contributed by atoms with Crippen molar-refractivity contribution in [3.63, 3.8) is 0 Å². The minimum atomic E-state index is -7.78. The third-order valence-electron chi connectivity index (χ3n) is 3.42. The lowest BCUT2D eigenvalue weighted by Gasteiger charge is -2.36. The smallest absolute Gasteiger partial charge is 0.460 e. The molecule has 16 heteroatoms. The van der Waals surface area contributed by atoms with E-state index in [-0.39, 0.29) is 0 Å². The van der Waals surface area contributed by atoms with E-state index in [1.165, 1.54) is 0 Å². The summed E-state index contributed by atoms with van der Waals surface area (Å²) in [4.78, 5) is 10.5. The number of allylic oxidation sites excluding steroid dienone is 1. The Morgan fingerprint density at radius 2 is 1.31 bits per heavy atom. The number of hydrogen-bond donors (Lipinski definition) is 2. The number of rotatable bonds is 9. The molecule has 0 aliphatic rings. The largest absolute Gasteiger partial charge is 0.477 e. The van der Waals surface area contributed by atoms with Crippen LogP contribution >= 0.6 is 0 Å². The standard InChI is InChI=1S/C13H13F12NO3/c1-26(2,5-8(28)29)4-6(27)3-7(14)9(15,16)10(17,18)11(19,20)12(21,22)13(23,24)25/h3,6,27H,4-5H2,1-2H3/p+1. The van der Waals surface area contributed by atoms with Gasteiger partial charge in [0.2, 0.25) is 0 Å². The van der Waals surface area contributed by atoms with Crippen LogP contribution < -0.4 is 0 Å². The summed E-state index contributed by atoms with van der Waals surface area (Å²) in [6, 6.07) is 0. The average Bonchev–Trinajstić information content (AvgIpc) is 2.42. The molecule has 0 aromatic heterocycles. The molecule has 0 spiro atoms. The molecule has 0 rings (SSSR count). The van der Waals surface area contributed by atoms with Crippen molar-refractivity contribution in [3.8, 4) is 0 Å². The highest BCUT2D eigenvalue weighted by atomic mass is 19.4. The Labute approximate surface area is 154 Å². The van der Waals surface area contributed by atoms with Crippen LogP contribution in [0.2, 0.25) is 0 Å². The first kappa shape index (κ1) is 27.3. The first-order valence-corrected chi connectivity index (χ1v) is 7.11. The van der Waals surface area contributed by atoms with Crippen molar-refractivity contribution in [1.29, 1.82) is 0 Å². The molecule has 29 heavy (non-hydrogen) atoms. The van der Waals surface area contributed by atoms with Crippen LogP contribution in [0.1, 0.15) is 0 Å². The zero-order valence-electron chi connectivity index (χ0n) is 14.4. The van der Waals surface area contributed by atoms with Gasteiger partial charge in [0.15, 0.2) is 12.4 Å². The van der Waals surface area contributed by atoms with Crippen molar-refractivity contribution >= 4 is 5.97 Å². The normalized spacial score (nSPS) is 16.7. The summed E-state index contributed by atoms with van der Waals surface area (Å²) in [5, 5.41) is 17.9. The second kappa shape index (κ2) is 7.85. The molecule has 0 aromatic rings. The number of nitrogens with zero attached hydrogens (tertiary/aromatic N) is 1. The fraction of sp³-hybridized carbons (Fsp3) is 0.769. The predicted molar refractivity (Wildman–Crippen MR) is 70.5 cm³/mol. The number of hydrogen-bond acceptors (Lipinski definition) is 2. The van der Waals surface area contributed by atoms with Crippen molar-refractivity contribution in [2.24, 2.45) is 0 Å². The quantitative estimate of drug-likeness (QED) is 0.410. The molecule has 0 aliphatic carbocycles. The van der Waals surface area contributed by atoms with Gasteiger partial charge in [0, 0.05) is 0 Å². The number of carbonyl (C=O) groups is 1. The zero-order valence-corrected chi connectivity index (χ0v) is 14.4. The summed E-state index contributed by atoms with van der Waals surface area (Å²) in [6.07, 6.45) is -10.7. The van der Waals surface area contributed by atoms with Gasteiger partial charge in [0.05, 0.1) is 14.1 Å². The molecule has 0 saturated carbocycles. The monoisotopic (exact) mass is 460 g/mol. The summed E-state index contributed by atoms with van der Waals surface area (Å²) in [5.74, 6) is -35.0. The Kier molecular flexibility index (Phi) is 7.38. The van der Waals surface area contributed by atoms with Crippen LogP contribution in [-0.2, 0) is 4.79 Å². The van der Waals surface area contributed by atoms with Crippen LogP contribution in [0.4, 0.5) is 52.7 Å². The minimum absolute atomic E-state index is 0.773. The molecule has 1 atom stereocenters. The van der Waals surface area contributed by atoms with E-state index in [9.17, 15) is 62.6 Å². The van der Waals surface area contributed by atoms with Crippen LogP contribution in [0.5, 0.6) is 0 Å². The maximum Gasteiger partial charge on any atom is 0.460 e. The molecule has 0 aromatic carbocycles. The summed E-state index contributed by atoms with van der Waals surface area (Å²) in [7, 11) is 2.07. The molecule has 2 N–H and O–H groups in total. The summed E-state index contributed by atoms with van der Waals surface area (Å²) in [5.41, 5.74) is 0. The molecule has 1 unspecified atom stereocenters. The summed E-state index contributed by atoms with van der Waals surface area (Å²) >= 11 is 0. The highest BCUT2D eigenvalue weighted by Gasteiger charge is 2.87. The first-order chi connectivity index (χ1) is 12.4. The SMILES string of the molecule is C[N+](C)(CC(=O)O)CC(O)C=C(F)C(F)(F)C(F)(F)C(F)(F)C(F)(F)C(F)(F)F. The fourth-order valence-electron chi connectivity index (χ4n) is 1.99. The van der Waals surface area contributed by atoms with Gasteiger partial charge >= 0.3 is 35.8 Å². The topological polar surface area (TPSA) is 57.5 Å². The van der Waals surface area contributed by atoms with Gasteiger partial charge in [0.25, 0.3) is 0 Å². The van der Waals surface area contributed by atoms with E-state index in [0.29, 0.717) is 0 Å². The number of quaternary nitrogens is 1. The van der Waals surface area contributed by atoms with Gasteiger partial charge < -0.3 is 14.7 Å². The molecular weight excluding hydrogens is 446 g/mol. The minimum Gasteiger partial charge on any atom is -0.477 e. The Balaban J connectivity index is 5.96. The number of aliphatic carboxylic acids is 1. The Hall–Kier alpha value is -1.71. The van der Waals surface area contributed by atoms with E-state index >= 15 is 0 Å². The number of likely N-dealkylation sites (N-methyl/N-ethyl adjacent to an activating group) is 1. The van der Waals surface area contributed by atoms with Crippen LogP contribution in [0, 0.1) is 0 Å². The number of alkyl halides is 11. The number of carboxylic acids is 1. The van der Waals surface area contributed by atoms with Crippen molar-refractivity contribution in [2.75, 3.05) is 27.2 Å². The third-order valence-corrected chi connectivity index (χ3v) is 3.42. The predicted octanol–water partition coefficient (Wildman–Crippen LogP) is 3.47. The van der Waals surface area contributed by atoms with Crippen LogP contribution in [0.25, 0.3) is 0 Å². The van der Waals surface area contributed by atoms with Crippen molar-refractivity contribution in [1.82, 2.24) is 0 Å². The van der Waals surface area contributed by atoms with E-state index in [2.05, 4.69) is 0 Å². The number of carboxylic acid groups (broad SMARTS) is 1. The number of halogens is 12. The Morgan fingerprint density at radius 1 is 0.897 bits per heavy atom. The van der Waals surface area contributed by atoms with Crippen molar-refractivity contribution < 1.29 is 72.2 Å². The number of aliphatic hydroxyl groups excluding tert-OH is 1. The molecule has 0 aliphatic heterocycles. The van der Waals surface area contributed by atoms with Gasteiger partial charge in [-0.1, -0.05) is 0 Å². The lowest BCUT2D eigenvalue weighted by Crippen LogP contribution is -2.66. The van der Waals surface area contributed by atoms with Crippen LogP contribution in [0.15, 0.2) is 11.9 Å². The fourth-order valence-corrected chi connectivity index (χ4v) is 1.99. The lowest BCUT2D eigenvalue weighted by atomic mass is 9.96. The van der Waals surface area contributed by atoms with Crippen LogP contribution in [0.3, 0.4) is 0 Å². The van der Waals surface area contributed by atoms with Crippen molar-refractivity contribution in [3.05, 3.63) is 11.9 Å². The molecular formula is C13H14F12NO3+. The Bertz CT molecular complexity index is 641. The van der Waals surface area contributed by atoms with Gasteiger partial charge in [-0.2, -0.15) is 48.3 Å². The molecule has 0 heterocycles. The van der Waals surface area contributed by atoms with Crippen molar-refractivity contribution in [2.45, 2.75) is 36.0 Å². The molecule has 0 saturated heterocycles. The summed E-state index contributed by atoms with van der Waals surface area (Å²) < 4.78 is 153. The van der Waals surface area contributed by atoms with Gasteiger partial charge in [0.1, 0.15) is 12.6 Å². The lowest BCUT2D eigenvalue weighted by molar-refractivity contribution is -0.885. The first-order valence-electron chi connectivity index (χ1n) is 7.11. The highest BCUT2D eigenvalue weighted by Crippen LogP contribution is 2.58. The second-order valence-electron chi connectivity index (χ2n) is 6.55. The maximum atomic E-state index is 13.5. The second-order valence-corrected chi connectivity index (χ2v) is 6.55. The summed E-state index contributed by atoms with van der Waals surface area (Å²) in [6.45, 7) is -1.77. The molecule has 0 fully saturated rings. The maximum absolute atomic E-state index is 13.5. The van der Waals surface area contributed by atoms with E-state index in [0.717, 1.165) is 14.1 Å². The van der Waals surface area contributed by atoms with Gasteiger partial charge in [-0.25, -0.2) is 9.18 Å². The molecule has 0 radical (unpaired) electrons. The zero-order chi connectivity index (χ0) is 23.9. The van der Waals surface area contributed by atoms with Gasteiger partial charge in [-0.15, -0.1) is 0 Å². The van der Waals surface area contributed by atoms with E-state index in [4.69, 9.17) is 5.11 Å². The van der Waals surface area contributed by atoms with E-state index in [1.807, 2.05) is 0 Å². The van der Waals surface area contributed by atoms with Gasteiger partial charge in [-0.3, -0.25) is 0 Å². The molecule has 4 nitrogen and oxygen atoms in total.